The topological polar surface area (TPSA) is 66.4 Å². The number of anilines is 1. The molecule has 17 heavy (non-hydrogen) atoms. The van der Waals surface area contributed by atoms with E-state index in [2.05, 4.69) is 5.32 Å². The van der Waals surface area contributed by atoms with Gasteiger partial charge < -0.3 is 15.2 Å². The van der Waals surface area contributed by atoms with Gasteiger partial charge >= 0.3 is 5.97 Å². The van der Waals surface area contributed by atoms with E-state index in [9.17, 15) is 14.0 Å². The molecule has 0 fully saturated rings. The first-order valence-corrected chi connectivity index (χ1v) is 5.10. The van der Waals surface area contributed by atoms with E-state index >= 15 is 0 Å². The molecule has 5 heteroatoms. The number of carboxylic acid groups (broad SMARTS) is 1. The van der Waals surface area contributed by atoms with Gasteiger partial charge in [0.15, 0.2) is 0 Å². The second-order valence-corrected chi connectivity index (χ2v) is 4.23. The van der Waals surface area contributed by atoms with E-state index in [1.807, 2.05) is 0 Å². The molecule has 1 rings (SSSR count). The van der Waals surface area contributed by atoms with Gasteiger partial charge in [-0.05, 0) is 31.5 Å². The molecule has 2 N–H and O–H groups in total. The van der Waals surface area contributed by atoms with Crippen LogP contribution in [0.5, 0.6) is 0 Å². The van der Waals surface area contributed by atoms with E-state index in [0.29, 0.717) is 17.5 Å². The van der Waals surface area contributed by atoms with Crippen LogP contribution >= 0.6 is 0 Å². The van der Waals surface area contributed by atoms with Gasteiger partial charge in [-0.15, -0.1) is 0 Å². The quantitative estimate of drug-likeness (QED) is 0.769. The fourth-order valence-electron chi connectivity index (χ4n) is 1.29. The summed E-state index contributed by atoms with van der Waals surface area (Å²) in [6.45, 7) is 2.96. The van der Waals surface area contributed by atoms with Gasteiger partial charge in [0.2, 0.25) is 0 Å². The summed E-state index contributed by atoms with van der Waals surface area (Å²) in [6, 6.07) is 4.19. The smallest absolute Gasteiger partial charge is 0.328 e. The zero-order chi connectivity index (χ0) is 13.1. The van der Waals surface area contributed by atoms with Crippen molar-refractivity contribution < 1.29 is 19.1 Å². The Balaban J connectivity index is 2.91. The molecule has 0 spiro atoms. The maximum absolute atomic E-state index is 13.5. The number of nitrogens with one attached hydrogen (secondary N) is 1. The molecule has 0 saturated heterocycles. The van der Waals surface area contributed by atoms with E-state index in [1.165, 1.54) is 26.0 Å². The molecule has 0 atom stereocenters. The van der Waals surface area contributed by atoms with Gasteiger partial charge in [0, 0.05) is 12.1 Å². The molecule has 0 aliphatic heterocycles. The normalized spacial score (nSPS) is 11.0. The van der Waals surface area contributed by atoms with Crippen LogP contribution in [0, 0.1) is 5.82 Å². The van der Waals surface area contributed by atoms with Crippen LogP contribution in [-0.2, 0) is 16.0 Å². The van der Waals surface area contributed by atoms with E-state index < -0.39 is 17.3 Å². The van der Waals surface area contributed by atoms with Gasteiger partial charge in [0.1, 0.15) is 17.6 Å². The van der Waals surface area contributed by atoms with E-state index in [0.717, 1.165) is 0 Å². The number of benzene rings is 1. The Bertz CT molecular complexity index is 443. The van der Waals surface area contributed by atoms with Crippen molar-refractivity contribution >= 4 is 17.9 Å². The Kier molecular flexibility index (Phi) is 3.83. The van der Waals surface area contributed by atoms with Gasteiger partial charge in [0.25, 0.3) is 0 Å². The molecular formula is C12H14FNO3. The number of aliphatic carboxylic acids is 1. The third-order valence-corrected chi connectivity index (χ3v) is 2.35. The fraction of sp³-hybridized carbons (Fsp3) is 0.333. The number of carbonyl (C=O) groups excluding carboxylic acids is 1. The molecule has 0 saturated carbocycles. The largest absolute Gasteiger partial charge is 0.480 e. The summed E-state index contributed by atoms with van der Waals surface area (Å²) in [4.78, 5) is 21.1. The predicted octanol–water partition coefficient (Wildman–Crippen LogP) is 1.84. The molecule has 0 unspecified atom stereocenters. The van der Waals surface area contributed by atoms with Crippen LogP contribution in [0.4, 0.5) is 10.1 Å². The molecule has 0 radical (unpaired) electrons. The lowest BCUT2D eigenvalue weighted by Gasteiger charge is -2.22. The summed E-state index contributed by atoms with van der Waals surface area (Å²) < 4.78 is 13.5. The van der Waals surface area contributed by atoms with Crippen LogP contribution < -0.4 is 5.32 Å². The van der Waals surface area contributed by atoms with Crippen LogP contribution in [-0.4, -0.2) is 22.9 Å². The van der Waals surface area contributed by atoms with Crippen LogP contribution in [0.25, 0.3) is 0 Å². The number of carboxylic acids is 1. The lowest BCUT2D eigenvalue weighted by atomic mass is 10.0. The summed E-state index contributed by atoms with van der Waals surface area (Å²) in [5, 5.41) is 11.6. The summed E-state index contributed by atoms with van der Waals surface area (Å²) >= 11 is 0. The molecule has 0 heterocycles. The second-order valence-electron chi connectivity index (χ2n) is 4.23. The Morgan fingerprint density at radius 2 is 2.18 bits per heavy atom. The van der Waals surface area contributed by atoms with Crippen molar-refractivity contribution in [3.05, 3.63) is 29.6 Å². The zero-order valence-electron chi connectivity index (χ0n) is 9.66. The molecular weight excluding hydrogens is 225 g/mol. The highest BCUT2D eigenvalue weighted by molar-refractivity contribution is 5.81. The highest BCUT2D eigenvalue weighted by Crippen LogP contribution is 2.19. The minimum Gasteiger partial charge on any atom is -0.480 e. The summed E-state index contributed by atoms with van der Waals surface area (Å²) in [7, 11) is 0. The summed E-state index contributed by atoms with van der Waals surface area (Å²) in [5.41, 5.74) is -0.526. The number of aldehydes is 1. The predicted molar refractivity (Wildman–Crippen MR) is 61.5 cm³/mol. The fourth-order valence-corrected chi connectivity index (χ4v) is 1.29. The van der Waals surface area contributed by atoms with Crippen LogP contribution in [0.15, 0.2) is 18.2 Å². The molecule has 0 amide bonds. The first kappa shape index (κ1) is 13.2. The standard InChI is InChI=1S/C12H14FNO3/c1-12(2,11(16)17)14-9-4-3-8(5-6-15)10(13)7-9/h3-4,6-7,14H,5H2,1-2H3,(H,16,17). The van der Waals surface area contributed by atoms with Gasteiger partial charge in [0.05, 0.1) is 0 Å². The van der Waals surface area contributed by atoms with E-state index in [4.69, 9.17) is 5.11 Å². The lowest BCUT2D eigenvalue weighted by molar-refractivity contribution is -0.141. The van der Waals surface area contributed by atoms with Crippen molar-refractivity contribution in [3.8, 4) is 0 Å². The molecule has 92 valence electrons. The molecule has 0 aliphatic carbocycles. The molecule has 0 bridgehead atoms. The number of hydrogen-bond acceptors (Lipinski definition) is 3. The summed E-state index contributed by atoms with van der Waals surface area (Å²) in [6.07, 6.45) is 0.626. The molecule has 1 aromatic carbocycles. The maximum atomic E-state index is 13.5. The third kappa shape index (κ3) is 3.27. The van der Waals surface area contributed by atoms with Crippen molar-refractivity contribution in [3.63, 3.8) is 0 Å². The molecule has 4 nitrogen and oxygen atoms in total. The Morgan fingerprint density at radius 1 is 1.53 bits per heavy atom. The first-order valence-electron chi connectivity index (χ1n) is 5.10. The minimum atomic E-state index is -1.18. The van der Waals surface area contributed by atoms with Gasteiger partial charge in [-0.2, -0.15) is 0 Å². The monoisotopic (exact) mass is 239 g/mol. The maximum Gasteiger partial charge on any atom is 0.328 e. The summed E-state index contributed by atoms with van der Waals surface area (Å²) in [5.74, 6) is -1.56. The van der Waals surface area contributed by atoms with Crippen LogP contribution in [0.2, 0.25) is 0 Å². The molecule has 0 aliphatic rings. The second kappa shape index (κ2) is 4.95. The Labute approximate surface area is 98.5 Å². The minimum absolute atomic E-state index is 0.00837. The SMILES string of the molecule is CC(C)(Nc1ccc(CC=O)c(F)c1)C(=O)O. The molecule has 0 aromatic heterocycles. The Hall–Kier alpha value is -1.91. The van der Waals surface area contributed by atoms with Gasteiger partial charge in [-0.1, -0.05) is 6.07 Å². The number of carbonyl (C=O) groups is 2. The van der Waals surface area contributed by atoms with Gasteiger partial charge in [-0.25, -0.2) is 9.18 Å². The Morgan fingerprint density at radius 3 is 2.65 bits per heavy atom. The van der Waals surface area contributed by atoms with Crippen molar-refractivity contribution in [2.24, 2.45) is 0 Å². The van der Waals surface area contributed by atoms with Crippen LogP contribution in [0.1, 0.15) is 19.4 Å². The average Bonchev–Trinajstić information content (AvgIpc) is 2.21. The highest BCUT2D eigenvalue weighted by atomic mass is 19.1. The first-order chi connectivity index (χ1) is 7.86. The third-order valence-electron chi connectivity index (χ3n) is 2.35. The van der Waals surface area contributed by atoms with Crippen molar-refractivity contribution in [1.29, 1.82) is 0 Å². The van der Waals surface area contributed by atoms with E-state index in [-0.39, 0.29) is 6.42 Å². The van der Waals surface area contributed by atoms with Crippen molar-refractivity contribution in [2.75, 3.05) is 5.32 Å². The lowest BCUT2D eigenvalue weighted by Crippen LogP contribution is -2.39. The van der Waals surface area contributed by atoms with Crippen molar-refractivity contribution in [2.45, 2.75) is 25.8 Å². The van der Waals surface area contributed by atoms with Gasteiger partial charge in [-0.3, -0.25) is 0 Å². The average molecular weight is 239 g/mol. The number of rotatable bonds is 5. The van der Waals surface area contributed by atoms with E-state index in [1.54, 1.807) is 6.07 Å². The van der Waals surface area contributed by atoms with Crippen molar-refractivity contribution in [1.82, 2.24) is 0 Å². The number of hydrogen-bond donors (Lipinski definition) is 2. The van der Waals surface area contributed by atoms with Crippen LogP contribution in [0.3, 0.4) is 0 Å². The highest BCUT2D eigenvalue weighted by Gasteiger charge is 2.26. The zero-order valence-corrected chi connectivity index (χ0v) is 9.66. The molecule has 1 aromatic rings. The number of halogens is 1.